The van der Waals surface area contributed by atoms with Gasteiger partial charge < -0.3 is 4.57 Å². The number of amides is 1. The van der Waals surface area contributed by atoms with Gasteiger partial charge in [0.15, 0.2) is 0 Å². The molecule has 6 nitrogen and oxygen atoms in total. The summed E-state index contributed by atoms with van der Waals surface area (Å²) >= 11 is 0. The van der Waals surface area contributed by atoms with Crippen molar-refractivity contribution < 1.29 is 4.79 Å². The van der Waals surface area contributed by atoms with E-state index in [4.69, 9.17) is 5.84 Å². The number of rotatable bonds is 4. The first-order chi connectivity index (χ1) is 12.7. The third-order valence-corrected chi connectivity index (χ3v) is 5.17. The van der Waals surface area contributed by atoms with E-state index >= 15 is 0 Å². The van der Waals surface area contributed by atoms with Gasteiger partial charge in [-0.2, -0.15) is 0 Å². The second-order valence-electron chi connectivity index (χ2n) is 6.82. The molecule has 1 aliphatic heterocycles. The minimum atomic E-state index is -0.280. The first kappa shape index (κ1) is 16.8. The van der Waals surface area contributed by atoms with Crippen LogP contribution in [-0.2, 0) is 6.54 Å². The third kappa shape index (κ3) is 3.34. The molecule has 2 heterocycles. The summed E-state index contributed by atoms with van der Waals surface area (Å²) in [7, 11) is 0. The summed E-state index contributed by atoms with van der Waals surface area (Å²) in [6.07, 6.45) is 4.05. The molecule has 3 aromatic rings. The lowest BCUT2D eigenvalue weighted by atomic mass is 10.0. The molecule has 0 aliphatic carbocycles. The van der Waals surface area contributed by atoms with Crippen LogP contribution in [-0.4, -0.2) is 33.4 Å². The molecule has 6 heteroatoms. The van der Waals surface area contributed by atoms with Crippen LogP contribution in [0.2, 0.25) is 0 Å². The van der Waals surface area contributed by atoms with Crippen molar-refractivity contribution in [2.45, 2.75) is 25.4 Å². The van der Waals surface area contributed by atoms with Crippen LogP contribution in [0.5, 0.6) is 0 Å². The number of hydrogen-bond acceptors (Lipinski definition) is 4. The number of fused-ring (bicyclic) bond motifs is 1. The molecule has 4 rings (SSSR count). The summed E-state index contributed by atoms with van der Waals surface area (Å²) in [5.74, 6) is 4.98. The minimum absolute atomic E-state index is 0.280. The zero-order valence-corrected chi connectivity index (χ0v) is 14.6. The average Bonchev–Trinajstić information content (AvgIpc) is 3.12. The number of imidazole rings is 1. The molecular weight excluding hydrogens is 326 g/mol. The SMILES string of the molecule is NNC(=O)c1ccc2ncn(C3CCN(Cc4ccccc4)CC3)c2c1. The molecule has 1 aliphatic rings. The Morgan fingerprint density at radius 1 is 1.15 bits per heavy atom. The van der Waals surface area contributed by atoms with Gasteiger partial charge in [-0.1, -0.05) is 30.3 Å². The highest BCUT2D eigenvalue weighted by Crippen LogP contribution is 2.27. The number of hydrogen-bond donors (Lipinski definition) is 2. The fourth-order valence-electron chi connectivity index (χ4n) is 3.74. The van der Waals surface area contributed by atoms with Crippen molar-refractivity contribution >= 4 is 16.9 Å². The molecule has 134 valence electrons. The Labute approximate surface area is 152 Å². The number of nitrogens with two attached hydrogens (primary N) is 1. The Hall–Kier alpha value is -2.70. The molecule has 3 N–H and O–H groups in total. The standard InChI is InChI=1S/C20H23N5O/c21-23-20(26)16-6-7-18-19(12-16)25(14-22-18)17-8-10-24(11-9-17)13-15-4-2-1-3-5-15/h1-7,12,14,17H,8-11,13,21H2,(H,23,26). The summed E-state index contributed by atoms with van der Waals surface area (Å²) in [5.41, 5.74) is 6.01. The minimum Gasteiger partial charge on any atom is -0.327 e. The van der Waals surface area contributed by atoms with E-state index in [1.54, 1.807) is 6.07 Å². The quantitative estimate of drug-likeness (QED) is 0.431. The van der Waals surface area contributed by atoms with E-state index < -0.39 is 0 Å². The average molecular weight is 349 g/mol. The van der Waals surface area contributed by atoms with Crippen molar-refractivity contribution in [3.05, 3.63) is 66.0 Å². The summed E-state index contributed by atoms with van der Waals surface area (Å²) in [6, 6.07) is 16.5. The van der Waals surface area contributed by atoms with Crippen LogP contribution in [0.4, 0.5) is 0 Å². The second kappa shape index (κ2) is 7.27. The molecule has 1 fully saturated rings. The summed E-state index contributed by atoms with van der Waals surface area (Å²) in [5, 5.41) is 0. The van der Waals surface area contributed by atoms with Crippen LogP contribution in [0.3, 0.4) is 0 Å². The highest BCUT2D eigenvalue weighted by Gasteiger charge is 2.22. The number of aromatic nitrogens is 2. The smallest absolute Gasteiger partial charge is 0.265 e. The Morgan fingerprint density at radius 3 is 2.65 bits per heavy atom. The Morgan fingerprint density at radius 2 is 1.92 bits per heavy atom. The summed E-state index contributed by atoms with van der Waals surface area (Å²) < 4.78 is 2.21. The zero-order chi connectivity index (χ0) is 17.9. The van der Waals surface area contributed by atoms with E-state index in [9.17, 15) is 4.79 Å². The Kier molecular flexibility index (Phi) is 4.69. The highest BCUT2D eigenvalue weighted by atomic mass is 16.2. The number of carbonyl (C=O) groups is 1. The van der Waals surface area contributed by atoms with Gasteiger partial charge in [-0.25, -0.2) is 10.8 Å². The zero-order valence-electron chi connectivity index (χ0n) is 14.6. The van der Waals surface area contributed by atoms with Gasteiger partial charge in [0.25, 0.3) is 5.91 Å². The molecule has 2 aromatic carbocycles. The molecule has 0 saturated carbocycles. The van der Waals surface area contributed by atoms with Gasteiger partial charge in [-0.3, -0.25) is 15.1 Å². The molecular formula is C20H23N5O. The van der Waals surface area contributed by atoms with Gasteiger partial charge >= 0.3 is 0 Å². The molecule has 26 heavy (non-hydrogen) atoms. The lowest BCUT2D eigenvalue weighted by Gasteiger charge is -2.32. The van der Waals surface area contributed by atoms with Crippen LogP contribution < -0.4 is 11.3 Å². The number of carbonyl (C=O) groups excluding carboxylic acids is 1. The predicted molar refractivity (Wildman–Crippen MR) is 101 cm³/mol. The highest BCUT2D eigenvalue weighted by molar-refractivity contribution is 5.97. The van der Waals surface area contributed by atoms with Gasteiger partial charge in [-0.05, 0) is 36.6 Å². The predicted octanol–water partition coefficient (Wildman–Crippen LogP) is 2.48. The normalized spacial score (nSPS) is 16.0. The number of benzene rings is 2. The van der Waals surface area contributed by atoms with Gasteiger partial charge in [0.1, 0.15) is 0 Å². The van der Waals surface area contributed by atoms with E-state index in [0.717, 1.165) is 43.5 Å². The van der Waals surface area contributed by atoms with Crippen LogP contribution in [0, 0.1) is 0 Å². The molecule has 0 unspecified atom stereocenters. The van der Waals surface area contributed by atoms with Crippen molar-refractivity contribution in [2.24, 2.45) is 5.84 Å². The first-order valence-electron chi connectivity index (χ1n) is 8.98. The third-order valence-electron chi connectivity index (χ3n) is 5.17. The molecule has 0 atom stereocenters. The first-order valence-corrected chi connectivity index (χ1v) is 8.98. The summed E-state index contributed by atoms with van der Waals surface area (Å²) in [6.45, 7) is 3.11. The maximum absolute atomic E-state index is 11.8. The fourth-order valence-corrected chi connectivity index (χ4v) is 3.74. The van der Waals surface area contributed by atoms with Crippen molar-refractivity contribution in [3.63, 3.8) is 0 Å². The van der Waals surface area contributed by atoms with Crippen molar-refractivity contribution in [3.8, 4) is 0 Å². The molecule has 1 amide bonds. The molecule has 0 spiro atoms. The molecule has 1 saturated heterocycles. The lowest BCUT2D eigenvalue weighted by molar-refractivity contribution is 0.0953. The van der Waals surface area contributed by atoms with Crippen molar-refractivity contribution in [1.29, 1.82) is 0 Å². The van der Waals surface area contributed by atoms with Gasteiger partial charge in [0.2, 0.25) is 0 Å². The van der Waals surface area contributed by atoms with Crippen LogP contribution in [0.15, 0.2) is 54.9 Å². The molecule has 1 aromatic heterocycles. The number of nitrogens with one attached hydrogen (secondary N) is 1. The topological polar surface area (TPSA) is 76.2 Å². The van der Waals surface area contributed by atoms with E-state index in [1.807, 2.05) is 18.5 Å². The Balaban J connectivity index is 1.48. The van der Waals surface area contributed by atoms with Crippen molar-refractivity contribution in [2.75, 3.05) is 13.1 Å². The largest absolute Gasteiger partial charge is 0.327 e. The number of likely N-dealkylation sites (tertiary alicyclic amines) is 1. The fraction of sp³-hybridized carbons (Fsp3) is 0.300. The van der Waals surface area contributed by atoms with Crippen LogP contribution >= 0.6 is 0 Å². The number of piperidine rings is 1. The van der Waals surface area contributed by atoms with E-state index in [1.165, 1.54) is 5.56 Å². The lowest BCUT2D eigenvalue weighted by Crippen LogP contribution is -2.34. The maximum Gasteiger partial charge on any atom is 0.265 e. The maximum atomic E-state index is 11.8. The number of nitrogens with zero attached hydrogens (tertiary/aromatic N) is 3. The van der Waals surface area contributed by atoms with Crippen LogP contribution in [0.25, 0.3) is 11.0 Å². The van der Waals surface area contributed by atoms with Crippen molar-refractivity contribution in [1.82, 2.24) is 19.9 Å². The Bertz CT molecular complexity index is 897. The monoisotopic (exact) mass is 349 g/mol. The van der Waals surface area contributed by atoms with E-state index in [2.05, 4.69) is 50.2 Å². The van der Waals surface area contributed by atoms with Gasteiger partial charge in [0.05, 0.1) is 17.4 Å². The van der Waals surface area contributed by atoms with E-state index in [0.29, 0.717) is 11.6 Å². The second-order valence-corrected chi connectivity index (χ2v) is 6.82. The summed E-state index contributed by atoms with van der Waals surface area (Å²) in [4.78, 5) is 18.8. The molecule has 0 bridgehead atoms. The van der Waals surface area contributed by atoms with Gasteiger partial charge in [0, 0.05) is 31.2 Å². The number of hydrazine groups is 1. The number of nitrogen functional groups attached to an aromatic ring is 1. The van der Waals surface area contributed by atoms with E-state index in [-0.39, 0.29) is 5.91 Å². The van der Waals surface area contributed by atoms with Crippen LogP contribution in [0.1, 0.15) is 34.8 Å². The van der Waals surface area contributed by atoms with Gasteiger partial charge in [-0.15, -0.1) is 0 Å². The molecule has 0 radical (unpaired) electrons.